The topological polar surface area (TPSA) is 85.3 Å². The Morgan fingerprint density at radius 2 is 0.543 bits per heavy atom. The van der Waals surface area contributed by atoms with E-state index in [1.54, 1.807) is 0 Å². The molecule has 20 aromatic carbocycles. The van der Waals surface area contributed by atoms with Gasteiger partial charge in [-0.1, -0.05) is 348 Å². The highest BCUT2D eigenvalue weighted by Gasteiger charge is 2.48. The molecule has 15 heterocycles. The lowest BCUT2D eigenvalue weighted by Crippen LogP contribution is -2.53. The molecule has 0 amide bonds. The number of rotatable bonds is 0. The van der Waals surface area contributed by atoms with Crippen LogP contribution in [-0.4, -0.2) is 56.4 Å². The van der Waals surface area contributed by atoms with Crippen molar-refractivity contribution in [2.24, 2.45) is 0 Å². The van der Waals surface area contributed by atoms with Gasteiger partial charge in [-0.05, 0) is 200 Å². The fourth-order valence-electron chi connectivity index (χ4n) is 27.1. The molecule has 0 N–H and O–H groups in total. The van der Waals surface area contributed by atoms with Crippen molar-refractivity contribution in [3.05, 3.63) is 440 Å². The molecular weight excluding hydrogens is 1700 g/mol. The van der Waals surface area contributed by atoms with Gasteiger partial charge < -0.3 is 22.8 Å². The van der Waals surface area contributed by atoms with Gasteiger partial charge in [0.25, 0.3) is 0 Å². The van der Waals surface area contributed by atoms with Crippen LogP contribution in [0.4, 0.5) is 17.1 Å². The zero-order valence-electron chi connectivity index (χ0n) is 74.9. The van der Waals surface area contributed by atoms with Crippen molar-refractivity contribution in [1.82, 2.24) is 22.8 Å². The minimum Gasteiger partial charge on any atom is -0.312 e. The molecule has 0 atom stereocenters. The third kappa shape index (κ3) is 9.75. The maximum absolute atomic E-state index is 9.81. The van der Waals surface area contributed by atoms with Crippen molar-refractivity contribution in [3.63, 3.8) is 0 Å². The van der Waals surface area contributed by atoms with E-state index < -0.39 is 0 Å². The van der Waals surface area contributed by atoms with E-state index in [4.69, 9.17) is 19.7 Å². The summed E-state index contributed by atoms with van der Waals surface area (Å²) in [6, 6.07) is 145. The quantitative estimate of drug-likeness (QED) is 0.112. The first kappa shape index (κ1) is 76.6. The Morgan fingerprint density at radius 1 is 0.207 bits per heavy atom. The van der Waals surface area contributed by atoms with Crippen LogP contribution >= 0.6 is 0 Å². The lowest BCUT2D eigenvalue weighted by Gasteiger charge is -2.25. The second kappa shape index (κ2) is 28.2. The maximum atomic E-state index is 9.81. The predicted molar refractivity (Wildman–Crippen MR) is 583 cm³/mol. The summed E-state index contributed by atoms with van der Waals surface area (Å²) in [7, 11) is 0. The first-order valence-electron chi connectivity index (χ1n) is 47.8. The minimum atomic E-state index is 0.198. The summed E-state index contributed by atoms with van der Waals surface area (Å²) in [5, 5.41) is 31.2. The Labute approximate surface area is 805 Å². The number of hydrogen-bond donors (Lipinski definition) is 0. The van der Waals surface area contributed by atoms with Crippen LogP contribution < -0.4 is 81.9 Å². The molecule has 0 bridgehead atoms. The molecule has 5 aromatic heterocycles. The van der Waals surface area contributed by atoms with E-state index in [0.29, 0.717) is 11.3 Å². The van der Waals surface area contributed by atoms with Gasteiger partial charge in [0, 0.05) is 93.7 Å². The average Bonchev–Trinajstić information content (AvgIpc) is 2.19. The summed E-state index contributed by atoms with van der Waals surface area (Å²) in [6.45, 7) is 24.1. The highest BCUT2D eigenvalue weighted by Crippen LogP contribution is 2.47. The predicted octanol–water partition coefficient (Wildman–Crippen LogP) is 19.4. The van der Waals surface area contributed by atoms with E-state index in [1.807, 2.05) is 42.5 Å². The van der Waals surface area contributed by atoms with Crippen molar-refractivity contribution in [1.29, 1.82) is 10.5 Å². The van der Waals surface area contributed by atoms with Crippen molar-refractivity contribution in [2.45, 2.75) is 0 Å². The third-order valence-electron chi connectivity index (χ3n) is 32.1. The van der Waals surface area contributed by atoms with E-state index in [0.717, 1.165) is 49.5 Å². The lowest BCUT2D eigenvalue weighted by atomic mass is 9.37. The average molecular weight is 1760 g/mol. The van der Waals surface area contributed by atoms with Crippen LogP contribution in [0.1, 0.15) is 11.1 Å². The Hall–Kier alpha value is -18.8. The number of aromatic nitrogens is 5. The van der Waals surface area contributed by atoms with Crippen LogP contribution in [-0.2, 0) is 0 Å². The smallest absolute Gasteiger partial charge is 0.248 e. The number of nitrogens with zero attached hydrogens (tertiary/aromatic N) is 10. The van der Waals surface area contributed by atoms with Crippen molar-refractivity contribution < 1.29 is 0 Å². The number of benzene rings is 20. The first-order chi connectivity index (χ1) is 69.4. The normalized spacial score (nSPS) is 12.9. The SMILES string of the molecule is N#Cc1ccc2c3cccc4c3n(c2c1)-c1cccc2c1B4c1ccccc1-2.N#Cc1cccc2c3cccc4c3n(c12)-c1cccc2c1B4c1ccccc1-2.[C-]#[N+]c1cc2c3c(c1)c1ccccc1n3-c1cccc3c1B2c1ccccc1-3.[C-]#[N+]c1ccc2c(c1)c1cccc3c1n2-c1cccc2c1B3c1ccccc1-2.[C-]#[N+]c1ccc2c3c1c1ccccc1n3-c1cccc3c1B2c1ccccc1-3. The minimum absolute atomic E-state index is 0.198. The summed E-state index contributed by atoms with van der Waals surface area (Å²) in [4.78, 5) is 11.3. The molecular formula is C125H65B5N10. The molecule has 630 valence electrons. The number of nitriles is 2. The standard InChI is InChI=1S/5C25H13BN2/c1-27-15-13-19-17-8-3-5-11-22(17)28-23-12-6-9-18-16-7-2-4-10-20(16)26(24(18)23)21(14-15)25(19)28;1-27-20-14-13-19-25-23(20)17-8-3-5-11-21(17)28(25)22-12-6-9-16-15-7-2-4-10-18(15)26(19)24(16)22;1-27-15-12-13-22-19(14-15)18-8-4-10-21-25(18)28(22)23-11-5-7-17-16-6-2-3-9-20(16)26(21)24(17)23;27-14-15-6-3-9-18-19-10-4-12-21-25(19)28(24(15)18)22-13-5-8-17-16-7-1-2-11-20(16)26(21)23(17)22;27-14-15-11-12-17-19-7-3-9-21-25(19)28(23(17)13-15)22-10-4-6-18-16-5-1-2-8-20(16)26(21)24(18)22/h3*2-14H;2*1-13H. The third-order valence-corrected chi connectivity index (χ3v) is 32.1. The van der Waals surface area contributed by atoms with E-state index in [9.17, 15) is 10.5 Å². The van der Waals surface area contributed by atoms with E-state index in [2.05, 4.69) is 401 Å². The fraction of sp³-hybridized carbons (Fsp3) is 0. The highest BCUT2D eigenvalue weighted by molar-refractivity contribution is 7.04. The van der Waals surface area contributed by atoms with Crippen LogP contribution in [0.3, 0.4) is 0 Å². The highest BCUT2D eigenvalue weighted by atomic mass is 15.0. The largest absolute Gasteiger partial charge is 0.312 e. The number of para-hydroxylation sites is 6. The van der Waals surface area contributed by atoms with Crippen molar-refractivity contribution in [3.8, 4) is 96.2 Å². The summed E-state index contributed by atoms with van der Waals surface area (Å²) in [5.41, 5.74) is 55.6. The fourth-order valence-corrected chi connectivity index (χ4v) is 27.1. The van der Waals surface area contributed by atoms with Gasteiger partial charge in [-0.15, -0.1) is 0 Å². The molecule has 15 heteroatoms. The molecule has 0 radical (unpaired) electrons. The summed E-state index contributed by atoms with van der Waals surface area (Å²) < 4.78 is 11.9. The molecule has 0 aliphatic carbocycles. The van der Waals surface area contributed by atoms with Gasteiger partial charge in [-0.2, -0.15) is 10.5 Å². The van der Waals surface area contributed by atoms with Gasteiger partial charge in [-0.3, -0.25) is 0 Å². The molecule has 0 fully saturated rings. The number of fused-ring (bicyclic) bond motifs is 40. The summed E-state index contributed by atoms with van der Waals surface area (Å²) in [5.74, 6) is 0. The molecule has 10 nitrogen and oxygen atoms in total. The Bertz CT molecular complexity index is 10300. The lowest BCUT2D eigenvalue weighted by molar-refractivity contribution is 1.19. The first-order valence-corrected chi connectivity index (χ1v) is 47.8. The Morgan fingerprint density at radius 3 is 1.01 bits per heavy atom. The second-order valence-electron chi connectivity index (χ2n) is 38.3. The van der Waals surface area contributed by atoms with Gasteiger partial charge in [0.15, 0.2) is 17.1 Å². The van der Waals surface area contributed by atoms with Gasteiger partial charge in [0.1, 0.15) is 6.07 Å². The molecule has 25 aromatic rings. The second-order valence-corrected chi connectivity index (χ2v) is 38.3. The van der Waals surface area contributed by atoms with E-state index in [-0.39, 0.29) is 33.6 Å². The Balaban J connectivity index is 0.0000000806. The molecule has 0 spiro atoms. The van der Waals surface area contributed by atoms with Crippen molar-refractivity contribution >= 4 is 242 Å². The molecule has 0 saturated carbocycles. The monoisotopic (exact) mass is 1760 g/mol. The van der Waals surface area contributed by atoms with Crippen LogP contribution in [0.15, 0.2) is 394 Å². The molecule has 10 aliphatic rings. The Kier molecular flexibility index (Phi) is 15.4. The zero-order valence-corrected chi connectivity index (χ0v) is 74.9. The zero-order chi connectivity index (χ0) is 92.0. The van der Waals surface area contributed by atoms with E-state index in [1.165, 1.54) is 242 Å². The summed E-state index contributed by atoms with van der Waals surface area (Å²) in [6.07, 6.45) is 0. The van der Waals surface area contributed by atoms with Crippen molar-refractivity contribution in [2.75, 3.05) is 0 Å². The molecule has 140 heavy (non-hydrogen) atoms. The van der Waals surface area contributed by atoms with Crippen LogP contribution in [0.5, 0.6) is 0 Å². The van der Waals surface area contributed by atoms with Crippen LogP contribution in [0.2, 0.25) is 0 Å². The van der Waals surface area contributed by atoms with Gasteiger partial charge >= 0.3 is 0 Å². The van der Waals surface area contributed by atoms with Crippen LogP contribution in [0, 0.1) is 42.4 Å². The molecule has 0 unspecified atom stereocenters. The molecule has 0 saturated heterocycles. The van der Waals surface area contributed by atoms with Gasteiger partial charge in [0.2, 0.25) is 33.6 Å². The van der Waals surface area contributed by atoms with E-state index >= 15 is 0 Å². The molecule has 10 aliphatic heterocycles. The summed E-state index contributed by atoms with van der Waals surface area (Å²) >= 11 is 0. The van der Waals surface area contributed by atoms with Crippen LogP contribution in [0.25, 0.3) is 208 Å². The number of hydrogen-bond acceptors (Lipinski definition) is 2. The maximum Gasteiger partial charge on any atom is 0.248 e. The van der Waals surface area contributed by atoms with Gasteiger partial charge in [0.05, 0.1) is 64.5 Å². The molecule has 35 rings (SSSR count). The van der Waals surface area contributed by atoms with Gasteiger partial charge in [-0.25, -0.2) is 14.5 Å².